The minimum absolute atomic E-state index is 0.0904. The van der Waals surface area contributed by atoms with Gasteiger partial charge in [0.25, 0.3) is 0 Å². The zero-order chi connectivity index (χ0) is 37.0. The van der Waals surface area contributed by atoms with Crippen molar-refractivity contribution in [3.8, 4) is 0 Å². The van der Waals surface area contributed by atoms with E-state index in [4.69, 9.17) is 18.5 Å². The van der Waals surface area contributed by atoms with Gasteiger partial charge in [0, 0.05) is 13.0 Å². The van der Waals surface area contributed by atoms with E-state index in [0.29, 0.717) is 24.1 Å². The second-order valence-electron chi connectivity index (χ2n) is 15.4. The van der Waals surface area contributed by atoms with Gasteiger partial charge in [0.05, 0.1) is 34.4 Å². The molecular weight excluding hydrogens is 649 g/mol. The summed E-state index contributed by atoms with van der Waals surface area (Å²) in [5.41, 5.74) is 0. The fourth-order valence-corrected chi connectivity index (χ4v) is 6.52. The van der Waals surface area contributed by atoms with Crippen LogP contribution in [0.15, 0.2) is 12.2 Å². The highest BCUT2D eigenvalue weighted by molar-refractivity contribution is 7.47. The molecule has 1 N–H and O–H groups in total. The molecule has 8 nitrogen and oxygen atoms in total. The van der Waals surface area contributed by atoms with Crippen molar-refractivity contribution in [3.63, 3.8) is 0 Å². The molecule has 0 spiro atoms. The highest BCUT2D eigenvalue weighted by Gasteiger charge is 2.26. The van der Waals surface area contributed by atoms with Crippen molar-refractivity contribution in [1.82, 2.24) is 0 Å². The molecule has 298 valence electrons. The normalized spacial score (nSPS) is 14.0. The Labute approximate surface area is 310 Å². The smallest absolute Gasteiger partial charge is 0.457 e. The zero-order valence-electron chi connectivity index (χ0n) is 33.7. The average Bonchev–Trinajstić information content (AvgIpc) is 3.06. The van der Waals surface area contributed by atoms with Crippen LogP contribution in [0.2, 0.25) is 0 Å². The number of likely N-dealkylation sites (N-methyl/N-ethyl adjacent to an activating group) is 1. The van der Waals surface area contributed by atoms with Crippen LogP contribution < -0.4 is 0 Å². The number of phosphoric ester groups is 1. The van der Waals surface area contributed by atoms with E-state index in [1.165, 1.54) is 135 Å². The number of carbonyl (C=O) groups excluding carboxylic acids is 1. The number of unbranched alkanes of at least 4 members (excludes halogenated alkanes) is 23. The first-order valence-electron chi connectivity index (χ1n) is 20.9. The lowest BCUT2D eigenvalue weighted by Gasteiger charge is -2.24. The molecule has 0 aromatic heterocycles. The van der Waals surface area contributed by atoms with Crippen LogP contribution in [0, 0.1) is 0 Å². The van der Waals surface area contributed by atoms with Crippen molar-refractivity contribution < 1.29 is 37.3 Å². The number of nitrogens with zero attached hydrogens (tertiary/aromatic N) is 1. The van der Waals surface area contributed by atoms with E-state index in [1.54, 1.807) is 0 Å². The molecule has 0 fully saturated rings. The van der Waals surface area contributed by atoms with E-state index in [1.807, 2.05) is 21.1 Å². The van der Waals surface area contributed by atoms with E-state index < -0.39 is 13.9 Å². The minimum atomic E-state index is -4.27. The number of rotatable bonds is 39. The molecule has 0 saturated heterocycles. The van der Waals surface area contributed by atoms with E-state index in [2.05, 4.69) is 26.0 Å². The summed E-state index contributed by atoms with van der Waals surface area (Å²) in [5, 5.41) is 0. The lowest BCUT2D eigenvalue weighted by Crippen LogP contribution is -2.37. The van der Waals surface area contributed by atoms with E-state index >= 15 is 0 Å². The third kappa shape index (κ3) is 38.5. The summed E-state index contributed by atoms with van der Waals surface area (Å²) < 4.78 is 34.9. The molecule has 0 aliphatic heterocycles. The maximum Gasteiger partial charge on any atom is 0.472 e. The first-order valence-corrected chi connectivity index (χ1v) is 22.4. The zero-order valence-corrected chi connectivity index (χ0v) is 34.5. The number of phosphoric acid groups is 1. The Kier molecular flexibility index (Phi) is 34.7. The molecule has 0 aromatic rings. The summed E-state index contributed by atoms with van der Waals surface area (Å²) in [6.45, 7) is 5.62. The van der Waals surface area contributed by atoms with Gasteiger partial charge in [-0.1, -0.05) is 154 Å². The molecule has 0 radical (unpaired) electrons. The molecule has 9 heteroatoms. The van der Waals surface area contributed by atoms with Crippen LogP contribution in [0.25, 0.3) is 0 Å². The van der Waals surface area contributed by atoms with Gasteiger partial charge in [0.2, 0.25) is 0 Å². The maximum absolute atomic E-state index is 12.6. The van der Waals surface area contributed by atoms with Gasteiger partial charge < -0.3 is 18.9 Å². The first-order chi connectivity index (χ1) is 24.1. The lowest BCUT2D eigenvalue weighted by molar-refractivity contribution is -0.870. The molecule has 0 saturated carbocycles. The van der Waals surface area contributed by atoms with Crippen molar-refractivity contribution >= 4 is 13.8 Å². The predicted octanol–water partition coefficient (Wildman–Crippen LogP) is 11.9. The Morgan fingerprint density at radius 2 is 1.04 bits per heavy atom. The molecule has 0 aromatic carbocycles. The Morgan fingerprint density at radius 1 is 0.600 bits per heavy atom. The van der Waals surface area contributed by atoms with Crippen molar-refractivity contribution in [1.29, 1.82) is 0 Å². The second-order valence-corrected chi connectivity index (χ2v) is 16.8. The van der Waals surface area contributed by atoms with Crippen molar-refractivity contribution in [2.75, 3.05) is 54.1 Å². The van der Waals surface area contributed by atoms with Crippen LogP contribution in [0.1, 0.15) is 187 Å². The Balaban J connectivity index is 4.25. The van der Waals surface area contributed by atoms with Gasteiger partial charge >= 0.3 is 13.8 Å². The van der Waals surface area contributed by atoms with Crippen LogP contribution >= 0.6 is 7.82 Å². The number of hydrogen-bond acceptors (Lipinski definition) is 6. The first kappa shape index (κ1) is 49.2. The molecule has 0 aliphatic carbocycles. The van der Waals surface area contributed by atoms with E-state index in [9.17, 15) is 14.3 Å². The third-order valence-corrected chi connectivity index (χ3v) is 10.1. The van der Waals surface area contributed by atoms with Gasteiger partial charge in [-0.05, 0) is 38.5 Å². The van der Waals surface area contributed by atoms with Gasteiger partial charge in [0.15, 0.2) is 0 Å². The SMILES string of the molecule is CCCCCCC/C=C\CCCCCCCCOCC(COP(=O)(O)OCC[N+](C)(C)C)OC(=O)CCCCCCCCCCCCCCC. The highest BCUT2D eigenvalue weighted by atomic mass is 31.2. The maximum atomic E-state index is 12.6. The van der Waals surface area contributed by atoms with Gasteiger partial charge in [-0.15, -0.1) is 0 Å². The topological polar surface area (TPSA) is 91.3 Å². The third-order valence-electron chi connectivity index (χ3n) is 9.08. The van der Waals surface area contributed by atoms with Crippen LogP contribution in [0.5, 0.6) is 0 Å². The minimum Gasteiger partial charge on any atom is -0.457 e. The van der Waals surface area contributed by atoms with Crippen LogP contribution in [0.3, 0.4) is 0 Å². The number of ether oxygens (including phenoxy) is 2. The number of allylic oxidation sites excluding steroid dienone is 2. The largest absolute Gasteiger partial charge is 0.472 e. The summed E-state index contributed by atoms with van der Waals surface area (Å²) in [6.07, 6.45) is 36.6. The summed E-state index contributed by atoms with van der Waals surface area (Å²) in [7, 11) is 1.67. The molecular formula is C41H83NO7P+. The molecule has 0 amide bonds. The number of esters is 1. The van der Waals surface area contributed by atoms with Crippen molar-refractivity contribution in [2.45, 2.75) is 193 Å². The van der Waals surface area contributed by atoms with Crippen LogP contribution in [-0.2, 0) is 27.9 Å². The molecule has 2 unspecified atom stereocenters. The molecule has 0 bridgehead atoms. The fraction of sp³-hybridized carbons (Fsp3) is 0.927. The lowest BCUT2D eigenvalue weighted by atomic mass is 10.0. The monoisotopic (exact) mass is 733 g/mol. The summed E-state index contributed by atoms with van der Waals surface area (Å²) in [6, 6.07) is 0. The standard InChI is InChI=1S/C41H82NO7P/c1-6-8-10-12-14-16-18-20-21-23-25-27-29-31-33-36-46-38-40(39-48-50(44,45)47-37-35-42(3,4)5)49-41(43)34-32-30-28-26-24-22-19-17-15-13-11-9-7-2/h18,20,40H,6-17,19,21-39H2,1-5H3/p+1/b20-18-. The second kappa shape index (κ2) is 35.3. The highest BCUT2D eigenvalue weighted by Crippen LogP contribution is 2.43. The summed E-state index contributed by atoms with van der Waals surface area (Å²) in [4.78, 5) is 22.8. The van der Waals surface area contributed by atoms with Gasteiger partial charge in [-0.3, -0.25) is 13.8 Å². The molecule has 50 heavy (non-hydrogen) atoms. The summed E-state index contributed by atoms with van der Waals surface area (Å²) >= 11 is 0. The predicted molar refractivity (Wildman–Crippen MR) is 210 cm³/mol. The molecule has 0 aliphatic rings. The molecule has 2 atom stereocenters. The number of hydrogen-bond donors (Lipinski definition) is 1. The average molecular weight is 733 g/mol. The number of quaternary nitrogens is 1. The van der Waals surface area contributed by atoms with Crippen molar-refractivity contribution in [3.05, 3.63) is 12.2 Å². The van der Waals surface area contributed by atoms with E-state index in [0.717, 1.165) is 32.1 Å². The fourth-order valence-electron chi connectivity index (χ4n) is 5.78. The van der Waals surface area contributed by atoms with E-state index in [-0.39, 0.29) is 25.8 Å². The molecule has 0 rings (SSSR count). The quantitative estimate of drug-likeness (QED) is 0.0221. The Bertz CT molecular complexity index is 817. The van der Waals surface area contributed by atoms with Gasteiger partial charge in [-0.25, -0.2) is 4.57 Å². The van der Waals surface area contributed by atoms with Gasteiger partial charge in [0.1, 0.15) is 19.3 Å². The Hall–Kier alpha value is -0.760. The number of carbonyl (C=O) groups is 1. The van der Waals surface area contributed by atoms with Crippen LogP contribution in [0.4, 0.5) is 0 Å². The van der Waals surface area contributed by atoms with Gasteiger partial charge in [-0.2, -0.15) is 0 Å². The van der Waals surface area contributed by atoms with Crippen molar-refractivity contribution in [2.24, 2.45) is 0 Å². The Morgan fingerprint density at radius 3 is 1.52 bits per heavy atom. The van der Waals surface area contributed by atoms with Crippen LogP contribution in [-0.4, -0.2) is 75.6 Å². The molecule has 0 heterocycles. The summed E-state index contributed by atoms with van der Waals surface area (Å²) in [5.74, 6) is -0.314.